The maximum absolute atomic E-state index is 4.55. The first kappa shape index (κ1) is 16.1. The van der Waals surface area contributed by atoms with E-state index in [1.807, 2.05) is 57.4 Å². The number of para-hydroxylation sites is 1. The van der Waals surface area contributed by atoms with Crippen molar-refractivity contribution in [2.24, 2.45) is 0 Å². The van der Waals surface area contributed by atoms with Crippen molar-refractivity contribution in [2.45, 2.75) is 6.92 Å². The fourth-order valence-corrected chi connectivity index (χ4v) is 2.45. The highest BCUT2D eigenvalue weighted by Crippen LogP contribution is 2.24. The van der Waals surface area contributed by atoms with Crippen LogP contribution in [0.2, 0.25) is 0 Å². The zero-order valence-electron chi connectivity index (χ0n) is 14.2. The van der Waals surface area contributed by atoms with Gasteiger partial charge in [0.2, 0.25) is 5.95 Å². The van der Waals surface area contributed by atoms with Crippen LogP contribution in [0.25, 0.3) is 10.9 Å². The number of rotatable bonds is 6. The molecule has 0 spiro atoms. The first-order valence-electron chi connectivity index (χ1n) is 7.97. The van der Waals surface area contributed by atoms with Crippen LogP contribution in [0.15, 0.2) is 42.6 Å². The Bertz CT molecular complexity index is 825. The maximum Gasteiger partial charge on any atom is 0.224 e. The third-order valence-corrected chi connectivity index (χ3v) is 3.59. The van der Waals surface area contributed by atoms with Crippen molar-refractivity contribution in [1.29, 1.82) is 0 Å². The van der Waals surface area contributed by atoms with Gasteiger partial charge in [0.25, 0.3) is 0 Å². The number of nitrogens with one attached hydrogen (secondary N) is 2. The number of anilines is 3. The lowest BCUT2D eigenvalue weighted by molar-refractivity contribution is 0.425. The molecule has 124 valence electrons. The van der Waals surface area contributed by atoms with E-state index in [0.29, 0.717) is 5.95 Å². The van der Waals surface area contributed by atoms with Gasteiger partial charge in [-0.2, -0.15) is 4.98 Å². The molecule has 24 heavy (non-hydrogen) atoms. The average molecular weight is 322 g/mol. The quantitative estimate of drug-likeness (QED) is 0.727. The molecule has 0 aliphatic carbocycles. The molecule has 6 heteroatoms. The van der Waals surface area contributed by atoms with Crippen LogP contribution in [-0.4, -0.2) is 47.0 Å². The topological polar surface area (TPSA) is 66.0 Å². The van der Waals surface area contributed by atoms with Crippen LogP contribution in [0.5, 0.6) is 0 Å². The average Bonchev–Trinajstić information content (AvgIpc) is 2.54. The summed E-state index contributed by atoms with van der Waals surface area (Å²) in [6.45, 7) is 3.68. The molecule has 0 atom stereocenters. The number of aryl methyl sites for hydroxylation is 1. The predicted molar refractivity (Wildman–Crippen MR) is 98.8 cm³/mol. The Labute approximate surface area is 142 Å². The Morgan fingerprint density at radius 2 is 1.92 bits per heavy atom. The molecule has 0 aliphatic rings. The maximum atomic E-state index is 4.55. The van der Waals surface area contributed by atoms with Gasteiger partial charge >= 0.3 is 0 Å². The van der Waals surface area contributed by atoms with Gasteiger partial charge in [-0.05, 0) is 33.2 Å². The molecule has 6 nitrogen and oxygen atoms in total. The summed E-state index contributed by atoms with van der Waals surface area (Å²) in [7, 11) is 4.08. The minimum Gasteiger partial charge on any atom is -0.353 e. The van der Waals surface area contributed by atoms with Crippen molar-refractivity contribution in [3.8, 4) is 0 Å². The van der Waals surface area contributed by atoms with Gasteiger partial charge in [0.15, 0.2) is 0 Å². The third kappa shape index (κ3) is 3.97. The first-order valence-corrected chi connectivity index (χ1v) is 7.97. The van der Waals surface area contributed by atoms with E-state index in [4.69, 9.17) is 0 Å². The zero-order valence-corrected chi connectivity index (χ0v) is 14.2. The number of hydrogen-bond acceptors (Lipinski definition) is 6. The molecule has 2 aromatic heterocycles. The molecule has 0 saturated carbocycles. The van der Waals surface area contributed by atoms with Crippen molar-refractivity contribution >= 4 is 28.4 Å². The van der Waals surface area contributed by atoms with Gasteiger partial charge in [-0.15, -0.1) is 0 Å². The molecule has 0 saturated heterocycles. The van der Waals surface area contributed by atoms with Gasteiger partial charge in [-0.25, -0.2) is 4.98 Å². The van der Waals surface area contributed by atoms with E-state index < -0.39 is 0 Å². The number of aromatic nitrogens is 3. The predicted octanol–water partition coefficient (Wildman–Crippen LogP) is 3.05. The van der Waals surface area contributed by atoms with E-state index in [1.54, 1.807) is 6.20 Å². The third-order valence-electron chi connectivity index (χ3n) is 3.59. The van der Waals surface area contributed by atoms with Crippen molar-refractivity contribution in [3.05, 3.63) is 48.3 Å². The summed E-state index contributed by atoms with van der Waals surface area (Å²) in [6.07, 6.45) is 1.80. The van der Waals surface area contributed by atoms with Gasteiger partial charge in [-0.1, -0.05) is 18.2 Å². The molecule has 0 amide bonds. The zero-order chi connectivity index (χ0) is 16.9. The molecule has 1 aromatic carbocycles. The van der Waals surface area contributed by atoms with Crippen LogP contribution in [0.1, 0.15) is 5.69 Å². The Hall–Kier alpha value is -2.73. The van der Waals surface area contributed by atoms with Crippen LogP contribution >= 0.6 is 0 Å². The highest BCUT2D eigenvalue weighted by molar-refractivity contribution is 5.91. The molecular weight excluding hydrogens is 300 g/mol. The van der Waals surface area contributed by atoms with Crippen molar-refractivity contribution < 1.29 is 0 Å². The molecule has 3 aromatic rings. The number of pyridine rings is 1. The minimum atomic E-state index is 0.632. The molecule has 2 N–H and O–H groups in total. The van der Waals surface area contributed by atoms with Crippen LogP contribution < -0.4 is 10.6 Å². The Kier molecular flexibility index (Phi) is 4.86. The summed E-state index contributed by atoms with van der Waals surface area (Å²) in [5, 5.41) is 7.72. The smallest absolute Gasteiger partial charge is 0.224 e. The van der Waals surface area contributed by atoms with E-state index in [-0.39, 0.29) is 0 Å². The van der Waals surface area contributed by atoms with E-state index >= 15 is 0 Å². The number of benzene rings is 1. The molecule has 0 aliphatic heterocycles. The van der Waals surface area contributed by atoms with E-state index in [2.05, 4.69) is 30.5 Å². The Morgan fingerprint density at radius 1 is 1.08 bits per heavy atom. The monoisotopic (exact) mass is 322 g/mol. The SMILES string of the molecule is Cc1cc(Nc2cccc3cccnc23)nc(NCCN(C)C)n1. The van der Waals surface area contributed by atoms with Gasteiger partial charge in [-0.3, -0.25) is 4.98 Å². The molecule has 0 bridgehead atoms. The summed E-state index contributed by atoms with van der Waals surface area (Å²) in [4.78, 5) is 15.6. The molecule has 3 rings (SSSR count). The van der Waals surface area contributed by atoms with Crippen LogP contribution in [0, 0.1) is 6.92 Å². The van der Waals surface area contributed by atoms with E-state index in [0.717, 1.165) is 41.2 Å². The molecule has 2 heterocycles. The van der Waals surface area contributed by atoms with Crippen LogP contribution in [0.3, 0.4) is 0 Å². The summed E-state index contributed by atoms with van der Waals surface area (Å²) >= 11 is 0. The lowest BCUT2D eigenvalue weighted by Crippen LogP contribution is -2.21. The summed E-state index contributed by atoms with van der Waals surface area (Å²) in [6, 6.07) is 12.0. The fourth-order valence-electron chi connectivity index (χ4n) is 2.45. The highest BCUT2D eigenvalue weighted by Gasteiger charge is 2.06. The van der Waals surface area contributed by atoms with Gasteiger partial charge in [0.05, 0.1) is 11.2 Å². The van der Waals surface area contributed by atoms with Gasteiger partial charge < -0.3 is 15.5 Å². The number of nitrogens with zero attached hydrogens (tertiary/aromatic N) is 4. The van der Waals surface area contributed by atoms with Gasteiger partial charge in [0, 0.05) is 36.4 Å². The molecule has 0 fully saturated rings. The standard InChI is InChI=1S/C18H22N6/c1-13-12-16(23-18(21-13)20-10-11-24(2)3)22-15-8-4-6-14-7-5-9-19-17(14)15/h4-9,12H,10-11H2,1-3H3,(H2,20,21,22,23). The van der Waals surface area contributed by atoms with Crippen LogP contribution in [-0.2, 0) is 0 Å². The summed E-state index contributed by atoms with van der Waals surface area (Å²) in [5.41, 5.74) is 2.77. The van der Waals surface area contributed by atoms with Crippen LogP contribution in [0.4, 0.5) is 17.5 Å². The lowest BCUT2D eigenvalue weighted by Gasteiger charge is -2.13. The second-order valence-corrected chi connectivity index (χ2v) is 5.95. The molecular formula is C18H22N6. The second kappa shape index (κ2) is 7.23. The van der Waals surface area contributed by atoms with Crippen molar-refractivity contribution in [1.82, 2.24) is 19.9 Å². The minimum absolute atomic E-state index is 0.632. The number of fused-ring (bicyclic) bond motifs is 1. The first-order chi connectivity index (χ1) is 11.6. The summed E-state index contributed by atoms with van der Waals surface area (Å²) in [5.74, 6) is 1.39. The van der Waals surface area contributed by atoms with E-state index in [9.17, 15) is 0 Å². The Balaban J connectivity index is 1.82. The fraction of sp³-hybridized carbons (Fsp3) is 0.278. The van der Waals surface area contributed by atoms with Gasteiger partial charge in [0.1, 0.15) is 5.82 Å². The number of likely N-dealkylation sites (N-methyl/N-ethyl adjacent to an activating group) is 1. The largest absolute Gasteiger partial charge is 0.353 e. The molecule has 0 radical (unpaired) electrons. The molecule has 0 unspecified atom stereocenters. The Morgan fingerprint density at radius 3 is 2.75 bits per heavy atom. The van der Waals surface area contributed by atoms with Crippen molar-refractivity contribution in [2.75, 3.05) is 37.8 Å². The lowest BCUT2D eigenvalue weighted by atomic mass is 10.2. The summed E-state index contributed by atoms with van der Waals surface area (Å²) < 4.78 is 0. The van der Waals surface area contributed by atoms with Crippen molar-refractivity contribution in [3.63, 3.8) is 0 Å². The highest BCUT2D eigenvalue weighted by atomic mass is 15.2. The van der Waals surface area contributed by atoms with E-state index in [1.165, 1.54) is 0 Å². The number of hydrogen-bond donors (Lipinski definition) is 2. The second-order valence-electron chi connectivity index (χ2n) is 5.95. The normalized spacial score (nSPS) is 11.0.